The van der Waals surface area contributed by atoms with Crippen LogP contribution in [0, 0.1) is 5.92 Å². The van der Waals surface area contributed by atoms with Gasteiger partial charge >= 0.3 is 0 Å². The second-order valence-electron chi connectivity index (χ2n) is 7.27. The van der Waals surface area contributed by atoms with Gasteiger partial charge in [0, 0.05) is 23.7 Å². The molecule has 5 nitrogen and oxygen atoms in total. The molecule has 1 aliphatic rings. The lowest BCUT2D eigenvalue weighted by Crippen LogP contribution is -2.33. The number of aromatic nitrogens is 2. The first-order valence-corrected chi connectivity index (χ1v) is 9.44. The molecule has 6 heteroatoms. The van der Waals surface area contributed by atoms with Crippen LogP contribution >= 0.6 is 11.6 Å². The van der Waals surface area contributed by atoms with Crippen molar-refractivity contribution in [1.82, 2.24) is 14.5 Å². The normalized spacial score (nSPS) is 20.3. The SMILES string of the molecule is CN(C)C1CCC(COc2ncc(C(=O)c3ccc(Cl)cc3)n2C)CC1. The molecule has 0 saturated heterocycles. The van der Waals surface area contributed by atoms with E-state index in [1.54, 1.807) is 35.0 Å². The van der Waals surface area contributed by atoms with Crippen LogP contribution in [0.15, 0.2) is 30.5 Å². The molecule has 2 aromatic rings. The largest absolute Gasteiger partial charge is 0.464 e. The van der Waals surface area contributed by atoms with Crippen molar-refractivity contribution in [3.8, 4) is 6.01 Å². The lowest BCUT2D eigenvalue weighted by atomic mass is 9.86. The van der Waals surface area contributed by atoms with Gasteiger partial charge < -0.3 is 9.64 Å². The molecule has 1 heterocycles. The van der Waals surface area contributed by atoms with Crippen LogP contribution < -0.4 is 4.74 Å². The Hall–Kier alpha value is -1.85. The van der Waals surface area contributed by atoms with Gasteiger partial charge in [-0.1, -0.05) is 11.6 Å². The molecule has 1 saturated carbocycles. The van der Waals surface area contributed by atoms with Crippen LogP contribution in [-0.2, 0) is 7.05 Å². The van der Waals surface area contributed by atoms with Gasteiger partial charge in [-0.25, -0.2) is 4.98 Å². The number of hydrogen-bond acceptors (Lipinski definition) is 4. The highest BCUT2D eigenvalue weighted by molar-refractivity contribution is 6.30. The summed E-state index contributed by atoms with van der Waals surface area (Å²) >= 11 is 5.89. The average Bonchev–Trinajstić information content (AvgIpc) is 3.01. The number of imidazole rings is 1. The Balaban J connectivity index is 1.59. The summed E-state index contributed by atoms with van der Waals surface area (Å²) in [4.78, 5) is 19.2. The van der Waals surface area contributed by atoms with Crippen molar-refractivity contribution in [1.29, 1.82) is 0 Å². The molecular formula is C20H26ClN3O2. The molecule has 140 valence electrons. The van der Waals surface area contributed by atoms with E-state index in [0.29, 0.717) is 40.9 Å². The van der Waals surface area contributed by atoms with Crippen molar-refractivity contribution in [2.24, 2.45) is 13.0 Å². The minimum Gasteiger partial charge on any atom is -0.464 e. The van der Waals surface area contributed by atoms with Crippen LogP contribution in [0.3, 0.4) is 0 Å². The summed E-state index contributed by atoms with van der Waals surface area (Å²) < 4.78 is 7.65. The molecule has 0 atom stereocenters. The van der Waals surface area contributed by atoms with E-state index in [4.69, 9.17) is 16.3 Å². The molecule has 1 aromatic heterocycles. The number of carbonyl (C=O) groups excluding carboxylic acids is 1. The summed E-state index contributed by atoms with van der Waals surface area (Å²) in [7, 11) is 6.11. The molecule has 1 fully saturated rings. The summed E-state index contributed by atoms with van der Waals surface area (Å²) in [5, 5.41) is 0.611. The van der Waals surface area contributed by atoms with E-state index in [0.717, 1.165) is 0 Å². The van der Waals surface area contributed by atoms with Crippen LogP contribution in [0.1, 0.15) is 41.7 Å². The van der Waals surface area contributed by atoms with Crippen molar-refractivity contribution in [3.63, 3.8) is 0 Å². The number of hydrogen-bond donors (Lipinski definition) is 0. The molecule has 26 heavy (non-hydrogen) atoms. The van der Waals surface area contributed by atoms with Crippen LogP contribution in [0.2, 0.25) is 5.02 Å². The summed E-state index contributed by atoms with van der Waals surface area (Å²) in [5.41, 5.74) is 1.10. The molecule has 0 amide bonds. The fraction of sp³-hybridized carbons (Fsp3) is 0.500. The van der Waals surface area contributed by atoms with Crippen LogP contribution in [0.5, 0.6) is 6.01 Å². The van der Waals surface area contributed by atoms with Gasteiger partial charge in [0.25, 0.3) is 6.01 Å². The number of ether oxygens (including phenoxy) is 1. The van der Waals surface area contributed by atoms with E-state index in [1.807, 2.05) is 7.05 Å². The minimum atomic E-state index is -0.0852. The Kier molecular flexibility index (Phi) is 5.99. The summed E-state index contributed by atoms with van der Waals surface area (Å²) in [6, 6.07) is 8.06. The smallest absolute Gasteiger partial charge is 0.296 e. The van der Waals surface area contributed by atoms with Gasteiger partial charge in [-0.3, -0.25) is 9.36 Å². The molecule has 0 unspecified atom stereocenters. The lowest BCUT2D eigenvalue weighted by Gasteiger charge is -2.32. The zero-order valence-corrected chi connectivity index (χ0v) is 16.4. The number of ketones is 1. The first-order valence-electron chi connectivity index (χ1n) is 9.07. The Morgan fingerprint density at radius 2 is 1.88 bits per heavy atom. The molecule has 3 rings (SSSR count). The van der Waals surface area contributed by atoms with Crippen molar-refractivity contribution in [3.05, 3.63) is 46.7 Å². The Morgan fingerprint density at radius 3 is 2.50 bits per heavy atom. The number of halogens is 1. The van der Waals surface area contributed by atoms with Gasteiger partial charge in [0.05, 0.1) is 12.8 Å². The van der Waals surface area contributed by atoms with E-state index >= 15 is 0 Å². The number of nitrogens with zero attached hydrogens (tertiary/aromatic N) is 3. The maximum Gasteiger partial charge on any atom is 0.296 e. The van der Waals surface area contributed by atoms with Gasteiger partial charge in [0.1, 0.15) is 5.69 Å². The monoisotopic (exact) mass is 375 g/mol. The predicted octanol–water partition coefficient (Wildman–Crippen LogP) is 3.80. The maximum absolute atomic E-state index is 12.6. The zero-order chi connectivity index (χ0) is 18.7. The van der Waals surface area contributed by atoms with E-state index in [9.17, 15) is 4.79 Å². The van der Waals surface area contributed by atoms with Gasteiger partial charge in [-0.05, 0) is 70.0 Å². The summed E-state index contributed by atoms with van der Waals surface area (Å²) in [6.07, 6.45) is 6.34. The van der Waals surface area contributed by atoms with Crippen molar-refractivity contribution in [2.45, 2.75) is 31.7 Å². The fourth-order valence-corrected chi connectivity index (χ4v) is 3.63. The zero-order valence-electron chi connectivity index (χ0n) is 15.6. The first-order chi connectivity index (χ1) is 12.5. The van der Waals surface area contributed by atoms with Crippen molar-refractivity contribution in [2.75, 3.05) is 20.7 Å². The molecule has 0 spiro atoms. The third-order valence-corrected chi connectivity index (χ3v) is 5.53. The van der Waals surface area contributed by atoms with E-state index in [2.05, 4.69) is 24.0 Å². The maximum atomic E-state index is 12.6. The Labute approximate surface area is 159 Å². The van der Waals surface area contributed by atoms with Gasteiger partial charge in [0.15, 0.2) is 0 Å². The highest BCUT2D eigenvalue weighted by atomic mass is 35.5. The van der Waals surface area contributed by atoms with E-state index < -0.39 is 0 Å². The molecular weight excluding hydrogens is 350 g/mol. The molecule has 1 aromatic carbocycles. The molecule has 0 aliphatic heterocycles. The van der Waals surface area contributed by atoms with Crippen LogP contribution in [0.4, 0.5) is 0 Å². The quantitative estimate of drug-likeness (QED) is 0.720. The first kappa shape index (κ1) is 18.9. The number of rotatable bonds is 6. The molecule has 0 radical (unpaired) electrons. The standard InChI is InChI=1S/C20H26ClN3O2/c1-23(2)17-10-4-14(5-11-17)13-26-20-22-12-18(24(20)3)19(25)15-6-8-16(21)9-7-15/h6-9,12,14,17H,4-5,10-11,13H2,1-3H3. The molecule has 0 bridgehead atoms. The summed E-state index contributed by atoms with van der Waals surface area (Å²) in [5.74, 6) is 0.469. The molecule has 1 aliphatic carbocycles. The van der Waals surface area contributed by atoms with E-state index in [-0.39, 0.29) is 5.78 Å². The fourth-order valence-electron chi connectivity index (χ4n) is 3.51. The third kappa shape index (κ3) is 4.27. The van der Waals surface area contributed by atoms with Gasteiger partial charge in [-0.15, -0.1) is 0 Å². The minimum absolute atomic E-state index is 0.0852. The predicted molar refractivity (Wildman–Crippen MR) is 103 cm³/mol. The Bertz CT molecular complexity index is 747. The van der Waals surface area contributed by atoms with Gasteiger partial charge in [-0.2, -0.15) is 0 Å². The molecule has 0 N–H and O–H groups in total. The summed E-state index contributed by atoms with van der Waals surface area (Å²) in [6.45, 7) is 0.652. The third-order valence-electron chi connectivity index (χ3n) is 5.28. The lowest BCUT2D eigenvalue weighted by molar-refractivity contribution is 0.102. The second kappa shape index (κ2) is 8.23. The van der Waals surface area contributed by atoms with Crippen LogP contribution in [0.25, 0.3) is 0 Å². The highest BCUT2D eigenvalue weighted by Gasteiger charge is 2.24. The second-order valence-corrected chi connectivity index (χ2v) is 7.71. The average molecular weight is 376 g/mol. The number of benzene rings is 1. The van der Waals surface area contributed by atoms with Gasteiger partial charge in [0.2, 0.25) is 5.78 Å². The Morgan fingerprint density at radius 1 is 1.23 bits per heavy atom. The van der Waals surface area contributed by atoms with Crippen molar-refractivity contribution < 1.29 is 9.53 Å². The van der Waals surface area contributed by atoms with Crippen molar-refractivity contribution >= 4 is 17.4 Å². The van der Waals surface area contributed by atoms with E-state index in [1.165, 1.54) is 25.7 Å². The number of carbonyl (C=O) groups is 1. The highest BCUT2D eigenvalue weighted by Crippen LogP contribution is 2.27. The van der Waals surface area contributed by atoms with Crippen LogP contribution in [-0.4, -0.2) is 47.0 Å². The topological polar surface area (TPSA) is 47.4 Å².